The maximum Gasteiger partial charge on any atom is 0.240 e. The van der Waals surface area contributed by atoms with Crippen molar-refractivity contribution in [3.63, 3.8) is 0 Å². The van der Waals surface area contributed by atoms with Gasteiger partial charge in [0, 0.05) is 6.07 Å². The van der Waals surface area contributed by atoms with Crippen molar-refractivity contribution < 1.29 is 18.3 Å². The van der Waals surface area contributed by atoms with Crippen LogP contribution in [0.3, 0.4) is 0 Å². The van der Waals surface area contributed by atoms with Crippen LogP contribution in [0.5, 0.6) is 5.75 Å². The van der Waals surface area contributed by atoms with Crippen LogP contribution >= 0.6 is 12.4 Å². The number of benzene rings is 1. The zero-order valence-corrected chi connectivity index (χ0v) is 13.9. The van der Waals surface area contributed by atoms with Crippen molar-refractivity contribution in [1.82, 2.24) is 5.32 Å². The Morgan fingerprint density at radius 1 is 1.35 bits per heavy atom. The lowest BCUT2D eigenvalue weighted by molar-refractivity contribution is -0.128. The predicted molar refractivity (Wildman–Crippen MR) is 86.7 cm³/mol. The lowest BCUT2D eigenvalue weighted by Gasteiger charge is -2.33. The molecule has 0 heterocycles. The van der Waals surface area contributed by atoms with E-state index in [0.717, 1.165) is 31.4 Å². The van der Waals surface area contributed by atoms with E-state index in [1.54, 1.807) is 6.92 Å². The van der Waals surface area contributed by atoms with Crippen LogP contribution in [0.4, 0.5) is 8.78 Å². The Kier molecular flexibility index (Phi) is 7.22. The molecule has 4 nitrogen and oxygen atoms in total. The van der Waals surface area contributed by atoms with E-state index in [-0.39, 0.29) is 36.7 Å². The molecular formula is C16H23ClF2N2O2. The molecule has 2 rings (SSSR count). The minimum atomic E-state index is -0.812. The van der Waals surface area contributed by atoms with Gasteiger partial charge in [-0.05, 0) is 31.9 Å². The minimum absolute atomic E-state index is 0. The molecule has 0 spiro atoms. The number of carbonyl (C=O) groups excluding carboxylic acids is 1. The molecule has 0 bridgehead atoms. The highest BCUT2D eigenvalue weighted by Gasteiger charge is 2.35. The maximum absolute atomic E-state index is 13.4. The van der Waals surface area contributed by atoms with Gasteiger partial charge < -0.3 is 15.8 Å². The standard InChI is InChI=1S/C16H22F2N2O2.ClH/c1-11(10-22-14-6-5-12(17)9-13(14)18)20-15(21)16(19)7-3-2-4-8-16;/h5-6,9,11H,2-4,7-8,10,19H2,1H3,(H,20,21);1H. The van der Waals surface area contributed by atoms with Crippen molar-refractivity contribution in [2.45, 2.75) is 50.6 Å². The molecule has 0 aromatic heterocycles. The first kappa shape index (κ1) is 19.6. The molecular weight excluding hydrogens is 326 g/mol. The second-order valence-electron chi connectivity index (χ2n) is 5.98. The van der Waals surface area contributed by atoms with Crippen molar-refractivity contribution in [2.24, 2.45) is 5.73 Å². The number of hydrogen-bond acceptors (Lipinski definition) is 3. The molecule has 1 aliphatic rings. The zero-order chi connectivity index (χ0) is 16.2. The van der Waals surface area contributed by atoms with Gasteiger partial charge in [0.05, 0.1) is 11.6 Å². The van der Waals surface area contributed by atoms with Gasteiger partial charge in [-0.25, -0.2) is 8.78 Å². The van der Waals surface area contributed by atoms with Gasteiger partial charge in [-0.15, -0.1) is 12.4 Å². The molecule has 130 valence electrons. The van der Waals surface area contributed by atoms with Crippen molar-refractivity contribution in [2.75, 3.05) is 6.61 Å². The van der Waals surface area contributed by atoms with Crippen LogP contribution in [0.2, 0.25) is 0 Å². The summed E-state index contributed by atoms with van der Waals surface area (Å²) >= 11 is 0. The first-order valence-electron chi connectivity index (χ1n) is 7.58. The van der Waals surface area contributed by atoms with E-state index in [1.165, 1.54) is 6.07 Å². The molecule has 1 aromatic rings. The van der Waals surface area contributed by atoms with Crippen LogP contribution in [0, 0.1) is 11.6 Å². The summed E-state index contributed by atoms with van der Waals surface area (Å²) in [6.07, 6.45) is 4.37. The van der Waals surface area contributed by atoms with E-state index in [0.29, 0.717) is 12.8 Å². The molecule has 23 heavy (non-hydrogen) atoms. The van der Waals surface area contributed by atoms with E-state index < -0.39 is 17.2 Å². The Balaban J connectivity index is 0.00000264. The van der Waals surface area contributed by atoms with Gasteiger partial charge in [0.25, 0.3) is 0 Å². The Morgan fingerprint density at radius 2 is 2.00 bits per heavy atom. The lowest BCUT2D eigenvalue weighted by atomic mass is 9.82. The number of halogens is 3. The molecule has 0 saturated heterocycles. The van der Waals surface area contributed by atoms with Crippen LogP contribution < -0.4 is 15.8 Å². The van der Waals surface area contributed by atoms with Crippen LogP contribution in [-0.2, 0) is 4.79 Å². The second kappa shape index (κ2) is 8.45. The summed E-state index contributed by atoms with van der Waals surface area (Å²) in [4.78, 5) is 12.2. The normalized spacial score (nSPS) is 17.7. The molecule has 1 unspecified atom stereocenters. The number of ether oxygens (including phenoxy) is 1. The SMILES string of the molecule is CC(COc1ccc(F)cc1F)NC(=O)C1(N)CCCCC1.Cl. The van der Waals surface area contributed by atoms with Crippen LogP contribution in [0.15, 0.2) is 18.2 Å². The van der Waals surface area contributed by atoms with E-state index in [4.69, 9.17) is 10.5 Å². The zero-order valence-electron chi connectivity index (χ0n) is 13.1. The summed E-state index contributed by atoms with van der Waals surface area (Å²) in [6.45, 7) is 1.84. The Hall–Kier alpha value is -1.40. The van der Waals surface area contributed by atoms with Crippen LogP contribution in [-0.4, -0.2) is 24.1 Å². The van der Waals surface area contributed by atoms with Crippen molar-refractivity contribution >= 4 is 18.3 Å². The van der Waals surface area contributed by atoms with Gasteiger partial charge >= 0.3 is 0 Å². The monoisotopic (exact) mass is 348 g/mol. The second-order valence-corrected chi connectivity index (χ2v) is 5.98. The summed E-state index contributed by atoms with van der Waals surface area (Å²) in [5.74, 6) is -1.65. The molecule has 7 heteroatoms. The summed E-state index contributed by atoms with van der Waals surface area (Å²) in [5, 5.41) is 2.81. The van der Waals surface area contributed by atoms with Gasteiger partial charge in [-0.3, -0.25) is 4.79 Å². The first-order valence-corrected chi connectivity index (χ1v) is 7.58. The molecule has 0 aliphatic heterocycles. The third kappa shape index (κ3) is 5.32. The summed E-state index contributed by atoms with van der Waals surface area (Å²) < 4.78 is 31.5. The largest absolute Gasteiger partial charge is 0.488 e. The summed E-state index contributed by atoms with van der Waals surface area (Å²) in [5.41, 5.74) is 5.33. The molecule has 1 amide bonds. The number of nitrogens with two attached hydrogens (primary N) is 1. The average Bonchev–Trinajstić information content (AvgIpc) is 2.47. The summed E-state index contributed by atoms with van der Waals surface area (Å²) in [7, 11) is 0. The van der Waals surface area contributed by atoms with E-state index in [2.05, 4.69) is 5.32 Å². The third-order valence-corrected chi connectivity index (χ3v) is 3.96. The fraction of sp³-hybridized carbons (Fsp3) is 0.562. The maximum atomic E-state index is 13.4. The predicted octanol–water partition coefficient (Wildman–Crippen LogP) is 2.93. The Morgan fingerprint density at radius 3 is 2.61 bits per heavy atom. The molecule has 1 aromatic carbocycles. The van der Waals surface area contributed by atoms with Crippen LogP contribution in [0.25, 0.3) is 0 Å². The molecule has 3 N–H and O–H groups in total. The van der Waals surface area contributed by atoms with Gasteiger partial charge in [0.1, 0.15) is 12.4 Å². The third-order valence-electron chi connectivity index (χ3n) is 3.96. The number of amides is 1. The van der Waals surface area contributed by atoms with Gasteiger partial charge in [0.2, 0.25) is 5.91 Å². The smallest absolute Gasteiger partial charge is 0.240 e. The Labute approximate surface area is 141 Å². The van der Waals surface area contributed by atoms with Crippen molar-refractivity contribution in [3.05, 3.63) is 29.8 Å². The van der Waals surface area contributed by atoms with Gasteiger partial charge in [-0.2, -0.15) is 0 Å². The highest BCUT2D eigenvalue weighted by molar-refractivity contribution is 5.86. The summed E-state index contributed by atoms with van der Waals surface area (Å²) in [6, 6.07) is 2.79. The number of carbonyl (C=O) groups is 1. The average molecular weight is 349 g/mol. The highest BCUT2D eigenvalue weighted by Crippen LogP contribution is 2.26. The molecule has 1 aliphatic carbocycles. The molecule has 1 saturated carbocycles. The van der Waals surface area contributed by atoms with E-state index in [1.807, 2.05) is 0 Å². The molecule has 1 fully saturated rings. The first-order chi connectivity index (χ1) is 10.4. The van der Waals surface area contributed by atoms with E-state index in [9.17, 15) is 13.6 Å². The number of hydrogen-bond donors (Lipinski definition) is 2. The fourth-order valence-corrected chi connectivity index (χ4v) is 2.63. The quantitative estimate of drug-likeness (QED) is 0.860. The highest BCUT2D eigenvalue weighted by atomic mass is 35.5. The molecule has 1 atom stereocenters. The topological polar surface area (TPSA) is 64.3 Å². The Bertz CT molecular complexity index is 537. The van der Waals surface area contributed by atoms with Crippen molar-refractivity contribution in [3.8, 4) is 5.75 Å². The number of nitrogens with one attached hydrogen (secondary N) is 1. The lowest BCUT2D eigenvalue weighted by Crippen LogP contribution is -2.57. The molecule has 0 radical (unpaired) electrons. The minimum Gasteiger partial charge on any atom is -0.488 e. The van der Waals surface area contributed by atoms with Gasteiger partial charge in [-0.1, -0.05) is 19.3 Å². The van der Waals surface area contributed by atoms with Crippen LogP contribution in [0.1, 0.15) is 39.0 Å². The fourth-order valence-electron chi connectivity index (χ4n) is 2.63. The van der Waals surface area contributed by atoms with Gasteiger partial charge in [0.15, 0.2) is 11.6 Å². The van der Waals surface area contributed by atoms with E-state index >= 15 is 0 Å². The number of rotatable bonds is 5. The van der Waals surface area contributed by atoms with Crippen molar-refractivity contribution in [1.29, 1.82) is 0 Å².